The molecule has 1 amide bonds. The fourth-order valence-electron chi connectivity index (χ4n) is 2.16. The Morgan fingerprint density at radius 2 is 2.13 bits per heavy atom. The smallest absolute Gasteiger partial charge is 0.276 e. The van der Waals surface area contributed by atoms with Crippen molar-refractivity contribution in [1.29, 1.82) is 0 Å². The second kappa shape index (κ2) is 6.49. The number of amides is 1. The monoisotopic (exact) mass is 425 g/mol. The number of aromatic nitrogens is 4. The first kappa shape index (κ1) is 15.7. The molecule has 6 nitrogen and oxygen atoms in total. The Labute approximate surface area is 145 Å². The summed E-state index contributed by atoms with van der Waals surface area (Å²) in [6.07, 6.45) is 3.31. The van der Waals surface area contributed by atoms with E-state index in [-0.39, 0.29) is 11.7 Å². The van der Waals surface area contributed by atoms with Crippen molar-refractivity contribution < 1.29 is 9.18 Å². The van der Waals surface area contributed by atoms with Gasteiger partial charge in [0.2, 0.25) is 0 Å². The molecule has 0 atom stereocenters. The predicted molar refractivity (Wildman–Crippen MR) is 91.6 cm³/mol. The molecule has 1 N–H and O–H groups in total. The van der Waals surface area contributed by atoms with Gasteiger partial charge < -0.3 is 5.32 Å². The molecule has 0 aliphatic heterocycles. The number of aryl methyl sites for hydroxylation is 1. The van der Waals surface area contributed by atoms with E-state index in [1.54, 1.807) is 48.4 Å². The van der Waals surface area contributed by atoms with Crippen LogP contribution in [-0.2, 0) is 13.6 Å². The molecule has 0 spiro atoms. The van der Waals surface area contributed by atoms with Gasteiger partial charge in [-0.25, -0.2) is 4.39 Å². The molecule has 23 heavy (non-hydrogen) atoms. The molecule has 0 bridgehead atoms. The van der Waals surface area contributed by atoms with Gasteiger partial charge in [-0.05, 0) is 28.7 Å². The predicted octanol–water partition coefficient (Wildman–Crippen LogP) is 2.66. The van der Waals surface area contributed by atoms with E-state index in [4.69, 9.17) is 0 Å². The van der Waals surface area contributed by atoms with Gasteiger partial charge in [0.1, 0.15) is 11.5 Å². The highest BCUT2D eigenvalue weighted by atomic mass is 127. The summed E-state index contributed by atoms with van der Waals surface area (Å²) in [5.41, 5.74) is 1.00. The van der Waals surface area contributed by atoms with Gasteiger partial charge >= 0.3 is 0 Å². The van der Waals surface area contributed by atoms with Crippen LogP contribution in [0.3, 0.4) is 0 Å². The maximum absolute atomic E-state index is 13.6. The number of halogens is 2. The van der Waals surface area contributed by atoms with E-state index in [1.165, 1.54) is 10.7 Å². The third-order valence-electron chi connectivity index (χ3n) is 3.28. The third-order valence-corrected chi connectivity index (χ3v) is 4.07. The highest BCUT2D eigenvalue weighted by Crippen LogP contribution is 2.14. The number of anilines is 1. The molecule has 8 heteroatoms. The van der Waals surface area contributed by atoms with E-state index >= 15 is 0 Å². The van der Waals surface area contributed by atoms with Crippen LogP contribution in [0.15, 0.2) is 42.7 Å². The summed E-state index contributed by atoms with van der Waals surface area (Å²) in [7, 11) is 1.70. The van der Waals surface area contributed by atoms with Crippen LogP contribution >= 0.6 is 22.6 Å². The SMILES string of the molecule is Cn1ncc(I)c1C(=O)Nc1ccn(Cc2ccccc2F)n1. The molecular weight excluding hydrogens is 412 g/mol. The Balaban J connectivity index is 1.73. The molecule has 1 aromatic carbocycles. The van der Waals surface area contributed by atoms with E-state index in [0.717, 1.165) is 3.57 Å². The van der Waals surface area contributed by atoms with Crippen LogP contribution < -0.4 is 5.32 Å². The Hall–Kier alpha value is -2.23. The number of carbonyl (C=O) groups excluding carboxylic acids is 1. The molecule has 2 aromatic heterocycles. The summed E-state index contributed by atoms with van der Waals surface area (Å²) < 4.78 is 17.5. The van der Waals surface area contributed by atoms with Crippen LogP contribution in [0, 0.1) is 9.39 Å². The average Bonchev–Trinajstić information content (AvgIpc) is 3.08. The summed E-state index contributed by atoms with van der Waals surface area (Å²) in [5.74, 6) is -0.160. The lowest BCUT2D eigenvalue weighted by molar-refractivity contribution is 0.101. The lowest BCUT2D eigenvalue weighted by Crippen LogP contribution is -2.18. The van der Waals surface area contributed by atoms with Gasteiger partial charge in [-0.3, -0.25) is 14.2 Å². The van der Waals surface area contributed by atoms with E-state index in [0.29, 0.717) is 23.6 Å². The van der Waals surface area contributed by atoms with Gasteiger partial charge in [0.25, 0.3) is 5.91 Å². The summed E-state index contributed by atoms with van der Waals surface area (Å²) in [6.45, 7) is 0.297. The van der Waals surface area contributed by atoms with Crippen molar-refractivity contribution in [1.82, 2.24) is 19.6 Å². The molecule has 3 aromatic rings. The Kier molecular flexibility index (Phi) is 4.42. The second-order valence-corrected chi connectivity index (χ2v) is 6.07. The number of benzene rings is 1. The third kappa shape index (κ3) is 3.41. The zero-order chi connectivity index (χ0) is 16.4. The highest BCUT2D eigenvalue weighted by Gasteiger charge is 2.16. The molecule has 0 saturated carbocycles. The molecule has 0 saturated heterocycles. The molecule has 2 heterocycles. The lowest BCUT2D eigenvalue weighted by atomic mass is 10.2. The van der Waals surface area contributed by atoms with Crippen molar-refractivity contribution in [2.45, 2.75) is 6.54 Å². The topological polar surface area (TPSA) is 64.7 Å². The van der Waals surface area contributed by atoms with Crippen molar-refractivity contribution in [2.24, 2.45) is 7.05 Å². The van der Waals surface area contributed by atoms with Gasteiger partial charge in [-0.15, -0.1) is 0 Å². The van der Waals surface area contributed by atoms with Crippen molar-refractivity contribution >= 4 is 34.3 Å². The number of hydrogen-bond acceptors (Lipinski definition) is 3. The molecule has 0 unspecified atom stereocenters. The lowest BCUT2D eigenvalue weighted by Gasteiger charge is -2.04. The summed E-state index contributed by atoms with van der Waals surface area (Å²) in [5, 5.41) is 11.0. The molecule has 0 aliphatic carbocycles. The normalized spacial score (nSPS) is 10.7. The van der Waals surface area contributed by atoms with E-state index in [9.17, 15) is 9.18 Å². The molecule has 3 rings (SSSR count). The van der Waals surface area contributed by atoms with Crippen LogP contribution in [0.4, 0.5) is 10.2 Å². The minimum Gasteiger partial charge on any atom is -0.304 e. The van der Waals surface area contributed by atoms with E-state index < -0.39 is 0 Å². The minimum atomic E-state index is -0.287. The number of hydrogen-bond donors (Lipinski definition) is 1. The number of nitrogens with one attached hydrogen (secondary N) is 1. The molecule has 118 valence electrons. The molecule has 0 radical (unpaired) electrons. The van der Waals surface area contributed by atoms with Crippen molar-refractivity contribution in [3.8, 4) is 0 Å². The second-order valence-electron chi connectivity index (χ2n) is 4.91. The van der Waals surface area contributed by atoms with Crippen LogP contribution in [-0.4, -0.2) is 25.5 Å². The number of nitrogens with zero attached hydrogens (tertiary/aromatic N) is 4. The largest absolute Gasteiger partial charge is 0.304 e. The van der Waals surface area contributed by atoms with Gasteiger partial charge in [0, 0.05) is 24.9 Å². The first-order chi connectivity index (χ1) is 11.0. The van der Waals surface area contributed by atoms with Crippen molar-refractivity contribution in [3.63, 3.8) is 0 Å². The molecule has 0 fully saturated rings. The Bertz CT molecular complexity index is 838. The molecular formula is C15H13FIN5O. The van der Waals surface area contributed by atoms with Crippen LogP contribution in [0.2, 0.25) is 0 Å². The summed E-state index contributed by atoms with van der Waals surface area (Å²) in [4.78, 5) is 12.3. The highest BCUT2D eigenvalue weighted by molar-refractivity contribution is 14.1. The van der Waals surface area contributed by atoms with Gasteiger partial charge in [-0.2, -0.15) is 10.2 Å². The summed E-state index contributed by atoms with van der Waals surface area (Å²) >= 11 is 2.05. The fourth-order valence-corrected chi connectivity index (χ4v) is 2.88. The zero-order valence-corrected chi connectivity index (χ0v) is 14.4. The first-order valence-electron chi connectivity index (χ1n) is 6.80. The maximum atomic E-state index is 13.6. The Morgan fingerprint density at radius 3 is 2.83 bits per heavy atom. The van der Waals surface area contributed by atoms with Gasteiger partial charge in [-0.1, -0.05) is 18.2 Å². The maximum Gasteiger partial charge on any atom is 0.276 e. The number of rotatable bonds is 4. The Morgan fingerprint density at radius 1 is 1.35 bits per heavy atom. The van der Waals surface area contributed by atoms with Gasteiger partial charge in [0.05, 0.1) is 16.3 Å². The summed E-state index contributed by atoms with van der Waals surface area (Å²) in [6, 6.07) is 8.19. The zero-order valence-electron chi connectivity index (χ0n) is 12.2. The van der Waals surface area contributed by atoms with Gasteiger partial charge in [0.15, 0.2) is 5.82 Å². The average molecular weight is 425 g/mol. The minimum absolute atomic E-state index is 0.280. The fraction of sp³-hybridized carbons (Fsp3) is 0.133. The van der Waals surface area contributed by atoms with Crippen LogP contribution in [0.25, 0.3) is 0 Å². The first-order valence-corrected chi connectivity index (χ1v) is 7.88. The standard InChI is InChI=1S/C15H13FIN5O/c1-21-14(12(17)8-18-21)15(23)19-13-6-7-22(20-13)9-10-4-2-3-5-11(10)16/h2-8H,9H2,1H3,(H,19,20,23). The van der Waals surface area contributed by atoms with E-state index in [1.807, 2.05) is 0 Å². The number of carbonyl (C=O) groups is 1. The van der Waals surface area contributed by atoms with Crippen molar-refractivity contribution in [3.05, 3.63) is 63.4 Å². The molecule has 0 aliphatic rings. The van der Waals surface area contributed by atoms with E-state index in [2.05, 4.69) is 38.1 Å². The van der Waals surface area contributed by atoms with Crippen LogP contribution in [0.1, 0.15) is 16.1 Å². The van der Waals surface area contributed by atoms with Crippen molar-refractivity contribution in [2.75, 3.05) is 5.32 Å². The van der Waals surface area contributed by atoms with Crippen LogP contribution in [0.5, 0.6) is 0 Å². The quantitative estimate of drug-likeness (QED) is 0.654.